The number of fused-ring (bicyclic) bond motifs is 3. The third-order valence-electron chi connectivity index (χ3n) is 6.57. The molecule has 6 nitrogen and oxygen atoms in total. The van der Waals surface area contributed by atoms with Crippen LogP contribution < -0.4 is 15.5 Å². The van der Waals surface area contributed by atoms with E-state index in [0.717, 1.165) is 62.9 Å². The van der Waals surface area contributed by atoms with E-state index in [1.54, 1.807) is 0 Å². The Kier molecular flexibility index (Phi) is 5.83. The smallest absolute Gasteiger partial charge is 0.121 e. The monoisotopic (exact) mass is 395 g/mol. The summed E-state index contributed by atoms with van der Waals surface area (Å²) in [6.45, 7) is 8.78. The number of benzene rings is 1. The Hall–Kier alpha value is -1.89. The Morgan fingerprint density at radius 3 is 2.86 bits per heavy atom. The summed E-state index contributed by atoms with van der Waals surface area (Å²) < 4.78 is 6.01. The first-order valence-electron chi connectivity index (χ1n) is 11.3. The number of pyridine rings is 1. The lowest BCUT2D eigenvalue weighted by atomic mass is 9.98. The highest BCUT2D eigenvalue weighted by atomic mass is 16.5. The summed E-state index contributed by atoms with van der Waals surface area (Å²) in [6, 6.07) is 6.35. The van der Waals surface area contributed by atoms with Crippen LogP contribution in [0.2, 0.25) is 0 Å². The zero-order valence-corrected chi connectivity index (χ0v) is 17.3. The molecule has 0 bridgehead atoms. The maximum absolute atomic E-state index is 6.01. The highest BCUT2D eigenvalue weighted by Gasteiger charge is 2.24. The van der Waals surface area contributed by atoms with Gasteiger partial charge in [0.05, 0.1) is 17.8 Å². The number of ether oxygens (including phenoxy) is 1. The molecular weight excluding hydrogens is 362 g/mol. The molecular formula is C23H33N5O. The maximum Gasteiger partial charge on any atom is 0.121 e. The lowest BCUT2D eigenvalue weighted by Crippen LogP contribution is -2.36. The second kappa shape index (κ2) is 8.86. The van der Waals surface area contributed by atoms with E-state index >= 15 is 0 Å². The first-order valence-corrected chi connectivity index (χ1v) is 11.3. The molecule has 0 saturated carbocycles. The van der Waals surface area contributed by atoms with Gasteiger partial charge in [-0.2, -0.15) is 0 Å². The summed E-state index contributed by atoms with van der Waals surface area (Å²) in [7, 11) is 0. The largest absolute Gasteiger partial charge is 0.493 e. The Bertz CT molecular complexity index is 829. The number of rotatable bonds is 7. The van der Waals surface area contributed by atoms with Gasteiger partial charge in [-0.05, 0) is 76.3 Å². The predicted octanol–water partition coefficient (Wildman–Crippen LogP) is 3.24. The van der Waals surface area contributed by atoms with Gasteiger partial charge in [0.25, 0.3) is 0 Å². The molecule has 2 fully saturated rings. The zero-order chi connectivity index (χ0) is 19.5. The van der Waals surface area contributed by atoms with Crippen molar-refractivity contribution in [2.24, 2.45) is 5.92 Å². The number of likely N-dealkylation sites (tertiary alicyclic amines) is 1. The van der Waals surface area contributed by atoms with E-state index in [1.807, 2.05) is 6.20 Å². The average molecular weight is 396 g/mol. The molecule has 1 aromatic carbocycles. The fraction of sp³-hybridized carbons (Fsp3) is 0.609. The van der Waals surface area contributed by atoms with Gasteiger partial charge in [-0.3, -0.25) is 4.98 Å². The first kappa shape index (κ1) is 19.1. The van der Waals surface area contributed by atoms with E-state index < -0.39 is 0 Å². The quantitative estimate of drug-likeness (QED) is 0.702. The van der Waals surface area contributed by atoms with Crippen molar-refractivity contribution in [1.29, 1.82) is 0 Å². The molecule has 2 saturated heterocycles. The van der Waals surface area contributed by atoms with E-state index in [1.165, 1.54) is 55.4 Å². The Labute approximate surface area is 173 Å². The molecule has 0 spiro atoms. The minimum absolute atomic E-state index is 0.773. The van der Waals surface area contributed by atoms with Crippen molar-refractivity contribution in [3.8, 4) is 5.75 Å². The molecule has 0 atom stereocenters. The fourth-order valence-corrected chi connectivity index (χ4v) is 4.93. The highest BCUT2D eigenvalue weighted by molar-refractivity contribution is 5.94. The van der Waals surface area contributed by atoms with Gasteiger partial charge in [-0.15, -0.1) is 0 Å². The first-order chi connectivity index (χ1) is 14.3. The average Bonchev–Trinajstić information content (AvgIpc) is 3.41. The Balaban J connectivity index is 1.19. The summed E-state index contributed by atoms with van der Waals surface area (Å²) in [5.41, 5.74) is 7.19. The van der Waals surface area contributed by atoms with Crippen LogP contribution in [-0.2, 0) is 6.54 Å². The standard InChI is InChI=1S/C23H33N5O/c1-2-11-27(10-1)12-3-13-29-20-4-5-21-22(14-20)25-15-19-17-28(26-23(19)21)16-18-6-8-24-9-7-18/h4-5,14-15,18,24,26H,1-3,6-13,16-17H2. The van der Waals surface area contributed by atoms with E-state index in [2.05, 4.69) is 38.9 Å². The molecule has 0 amide bonds. The minimum atomic E-state index is 0.773. The molecule has 3 aliphatic rings. The third-order valence-corrected chi connectivity index (χ3v) is 6.57. The van der Waals surface area contributed by atoms with E-state index in [-0.39, 0.29) is 0 Å². The minimum Gasteiger partial charge on any atom is -0.493 e. The van der Waals surface area contributed by atoms with Crippen LogP contribution in [-0.4, -0.2) is 60.8 Å². The summed E-state index contributed by atoms with van der Waals surface area (Å²) >= 11 is 0. The van der Waals surface area contributed by atoms with Gasteiger partial charge >= 0.3 is 0 Å². The van der Waals surface area contributed by atoms with Gasteiger partial charge in [0.15, 0.2) is 0 Å². The number of aromatic nitrogens is 1. The normalized spacial score (nSPS) is 20.8. The molecule has 2 N–H and O–H groups in total. The van der Waals surface area contributed by atoms with Crippen LogP contribution in [0.5, 0.6) is 5.75 Å². The Morgan fingerprint density at radius 2 is 2.00 bits per heavy atom. The van der Waals surface area contributed by atoms with Gasteiger partial charge in [0.1, 0.15) is 5.75 Å². The van der Waals surface area contributed by atoms with Crippen molar-refractivity contribution in [2.75, 3.05) is 51.3 Å². The third kappa shape index (κ3) is 4.49. The molecule has 2 aromatic rings. The molecule has 5 rings (SSSR count). The molecule has 0 aliphatic carbocycles. The van der Waals surface area contributed by atoms with Crippen LogP contribution in [0.1, 0.15) is 37.7 Å². The second-order valence-electron chi connectivity index (χ2n) is 8.77. The SMILES string of the molecule is c1cc2c3c(cnc2cc1OCCCN1CCCC1)CN(CC1CCNCC1)N3. The summed E-state index contributed by atoms with van der Waals surface area (Å²) in [6.07, 6.45) is 8.36. The number of hydrogen-bond donors (Lipinski definition) is 2. The van der Waals surface area contributed by atoms with Crippen LogP contribution in [0.4, 0.5) is 5.69 Å². The molecule has 0 unspecified atom stereocenters. The predicted molar refractivity (Wildman–Crippen MR) is 117 cm³/mol. The molecule has 29 heavy (non-hydrogen) atoms. The molecule has 4 heterocycles. The summed E-state index contributed by atoms with van der Waals surface area (Å²) in [5, 5.41) is 7.02. The van der Waals surface area contributed by atoms with Gasteiger partial charge in [0.2, 0.25) is 0 Å². The van der Waals surface area contributed by atoms with Gasteiger partial charge in [-0.1, -0.05) is 0 Å². The number of nitrogens with zero attached hydrogens (tertiary/aromatic N) is 3. The van der Waals surface area contributed by atoms with Crippen molar-refractivity contribution in [3.05, 3.63) is 30.0 Å². The van der Waals surface area contributed by atoms with Crippen molar-refractivity contribution >= 4 is 16.6 Å². The van der Waals surface area contributed by atoms with Crippen molar-refractivity contribution in [2.45, 2.75) is 38.6 Å². The second-order valence-corrected chi connectivity index (χ2v) is 8.77. The lowest BCUT2D eigenvalue weighted by molar-refractivity contribution is 0.243. The molecule has 6 heteroatoms. The summed E-state index contributed by atoms with van der Waals surface area (Å²) in [5.74, 6) is 1.70. The number of piperidine rings is 1. The van der Waals surface area contributed by atoms with Crippen molar-refractivity contribution < 1.29 is 4.74 Å². The van der Waals surface area contributed by atoms with Gasteiger partial charge < -0.3 is 20.4 Å². The van der Waals surface area contributed by atoms with E-state index in [0.29, 0.717) is 0 Å². The highest BCUT2D eigenvalue weighted by Crippen LogP contribution is 2.34. The zero-order valence-electron chi connectivity index (χ0n) is 17.3. The van der Waals surface area contributed by atoms with Crippen LogP contribution in [0.25, 0.3) is 10.9 Å². The Morgan fingerprint density at radius 1 is 1.14 bits per heavy atom. The molecule has 156 valence electrons. The van der Waals surface area contributed by atoms with Crippen molar-refractivity contribution in [1.82, 2.24) is 20.2 Å². The number of anilines is 1. The summed E-state index contributed by atoms with van der Waals surface area (Å²) in [4.78, 5) is 7.26. The number of hydrogen-bond acceptors (Lipinski definition) is 6. The number of nitrogens with one attached hydrogen (secondary N) is 2. The van der Waals surface area contributed by atoms with Crippen molar-refractivity contribution in [3.63, 3.8) is 0 Å². The number of hydrazine groups is 1. The van der Waals surface area contributed by atoms with Crippen LogP contribution in [0.15, 0.2) is 24.4 Å². The topological polar surface area (TPSA) is 52.7 Å². The maximum atomic E-state index is 6.01. The van der Waals surface area contributed by atoms with Crippen LogP contribution in [0, 0.1) is 5.92 Å². The molecule has 3 aliphatic heterocycles. The lowest BCUT2D eigenvalue weighted by Gasteiger charge is -2.27. The molecule has 0 radical (unpaired) electrons. The fourth-order valence-electron chi connectivity index (χ4n) is 4.93. The van der Waals surface area contributed by atoms with E-state index in [9.17, 15) is 0 Å². The van der Waals surface area contributed by atoms with Gasteiger partial charge in [-0.25, -0.2) is 5.01 Å². The van der Waals surface area contributed by atoms with Crippen LogP contribution in [0.3, 0.4) is 0 Å². The van der Waals surface area contributed by atoms with Gasteiger partial charge in [0, 0.05) is 42.8 Å². The van der Waals surface area contributed by atoms with E-state index in [4.69, 9.17) is 9.72 Å². The molecule has 1 aromatic heterocycles. The van der Waals surface area contributed by atoms with Crippen LogP contribution >= 0.6 is 0 Å².